The van der Waals surface area contributed by atoms with E-state index in [-0.39, 0.29) is 24.2 Å². The van der Waals surface area contributed by atoms with Crippen LogP contribution in [0, 0.1) is 5.41 Å². The lowest BCUT2D eigenvalue weighted by atomic mass is 9.74. The van der Waals surface area contributed by atoms with E-state index in [9.17, 15) is 9.90 Å². The Bertz CT molecular complexity index is 262. The predicted octanol–water partition coefficient (Wildman–Crippen LogP) is 2.45. The van der Waals surface area contributed by atoms with Crippen LogP contribution >= 0.6 is 0 Å². The van der Waals surface area contributed by atoms with Gasteiger partial charge in [0, 0.05) is 12.6 Å². The van der Waals surface area contributed by atoms with Crippen molar-refractivity contribution in [3.8, 4) is 0 Å². The molecule has 4 heteroatoms. The van der Waals surface area contributed by atoms with Gasteiger partial charge in [0.2, 0.25) is 0 Å². The molecule has 0 radical (unpaired) electrons. The lowest BCUT2D eigenvalue weighted by molar-refractivity contribution is 0.0439. The van der Waals surface area contributed by atoms with Gasteiger partial charge in [-0.15, -0.1) is 0 Å². The van der Waals surface area contributed by atoms with Crippen molar-refractivity contribution in [3.05, 3.63) is 0 Å². The summed E-state index contributed by atoms with van der Waals surface area (Å²) in [5, 5.41) is 12.2. The first kappa shape index (κ1) is 14.3. The minimum atomic E-state index is -0.446. The van der Waals surface area contributed by atoms with Gasteiger partial charge in [-0.05, 0) is 51.9 Å². The van der Waals surface area contributed by atoms with Gasteiger partial charge in [0.1, 0.15) is 5.60 Å². The second-order valence-electron chi connectivity index (χ2n) is 6.39. The highest BCUT2D eigenvalue weighted by molar-refractivity contribution is 5.68. The van der Waals surface area contributed by atoms with Crippen LogP contribution < -0.4 is 5.32 Å². The number of ether oxygens (including phenoxy) is 1. The van der Waals surface area contributed by atoms with Crippen molar-refractivity contribution in [1.29, 1.82) is 0 Å². The summed E-state index contributed by atoms with van der Waals surface area (Å²) in [7, 11) is 0. The van der Waals surface area contributed by atoms with Crippen molar-refractivity contribution in [2.24, 2.45) is 5.41 Å². The van der Waals surface area contributed by atoms with Gasteiger partial charge in [0.05, 0.1) is 0 Å². The average Bonchev–Trinajstić information content (AvgIpc) is 2.19. The van der Waals surface area contributed by atoms with Gasteiger partial charge in [-0.25, -0.2) is 4.79 Å². The summed E-state index contributed by atoms with van der Waals surface area (Å²) < 4.78 is 5.22. The molecule has 0 aromatic rings. The van der Waals surface area contributed by atoms with E-state index in [1.165, 1.54) is 0 Å². The minimum absolute atomic E-state index is 0.0338. The first-order chi connectivity index (χ1) is 7.74. The Morgan fingerprint density at radius 2 is 1.94 bits per heavy atom. The molecule has 0 aliphatic heterocycles. The van der Waals surface area contributed by atoms with Crippen LogP contribution in [0.3, 0.4) is 0 Å². The molecule has 0 spiro atoms. The van der Waals surface area contributed by atoms with Crippen LogP contribution in [0.1, 0.15) is 53.4 Å². The summed E-state index contributed by atoms with van der Waals surface area (Å²) in [5.74, 6) is 0. The molecule has 0 unspecified atom stereocenters. The largest absolute Gasteiger partial charge is 0.444 e. The Balaban J connectivity index is 2.34. The molecule has 17 heavy (non-hydrogen) atoms. The minimum Gasteiger partial charge on any atom is -0.444 e. The third-order valence-electron chi connectivity index (χ3n) is 3.30. The maximum Gasteiger partial charge on any atom is 0.407 e. The molecule has 1 aliphatic rings. The molecular formula is C13H25NO3. The van der Waals surface area contributed by atoms with Crippen LogP contribution in [0.15, 0.2) is 0 Å². The number of alkyl carbamates (subject to hydrolysis) is 1. The second-order valence-corrected chi connectivity index (χ2v) is 6.39. The van der Waals surface area contributed by atoms with E-state index in [1.807, 2.05) is 20.8 Å². The first-order valence-electron chi connectivity index (χ1n) is 6.34. The zero-order valence-electron chi connectivity index (χ0n) is 11.4. The maximum atomic E-state index is 11.6. The Morgan fingerprint density at radius 3 is 2.35 bits per heavy atom. The summed E-state index contributed by atoms with van der Waals surface area (Å²) in [6, 6.07) is 0.185. The zero-order chi connectivity index (χ0) is 13.1. The normalized spacial score (nSPS) is 29.8. The molecule has 1 saturated carbocycles. The van der Waals surface area contributed by atoms with E-state index in [4.69, 9.17) is 4.74 Å². The van der Waals surface area contributed by atoms with Gasteiger partial charge in [-0.2, -0.15) is 0 Å². The lowest BCUT2D eigenvalue weighted by Gasteiger charge is -2.36. The molecule has 1 fully saturated rings. The predicted molar refractivity (Wildman–Crippen MR) is 66.8 cm³/mol. The van der Waals surface area contributed by atoms with E-state index in [1.54, 1.807) is 0 Å². The maximum absolute atomic E-state index is 11.6. The lowest BCUT2D eigenvalue weighted by Crippen LogP contribution is -2.43. The molecule has 4 nitrogen and oxygen atoms in total. The smallest absolute Gasteiger partial charge is 0.407 e. The number of hydrogen-bond acceptors (Lipinski definition) is 3. The number of carbonyl (C=O) groups excluding carboxylic acids is 1. The number of nitrogens with one attached hydrogen (secondary N) is 1. The molecule has 0 aromatic carbocycles. The molecule has 1 amide bonds. The summed E-state index contributed by atoms with van der Waals surface area (Å²) in [6.07, 6.45) is 3.38. The van der Waals surface area contributed by atoms with Gasteiger partial charge in [-0.1, -0.05) is 6.92 Å². The highest BCUT2D eigenvalue weighted by Crippen LogP contribution is 2.35. The van der Waals surface area contributed by atoms with Crippen LogP contribution in [0.4, 0.5) is 4.79 Å². The van der Waals surface area contributed by atoms with Crippen molar-refractivity contribution < 1.29 is 14.6 Å². The van der Waals surface area contributed by atoms with Gasteiger partial charge in [0.15, 0.2) is 0 Å². The fraction of sp³-hybridized carbons (Fsp3) is 0.923. The van der Waals surface area contributed by atoms with Crippen LogP contribution in [0.25, 0.3) is 0 Å². The highest BCUT2D eigenvalue weighted by atomic mass is 16.6. The number of aliphatic hydroxyl groups excluding tert-OH is 1. The number of carbonyl (C=O) groups is 1. The Kier molecular flexibility index (Phi) is 4.42. The number of hydrogen-bond donors (Lipinski definition) is 2. The van der Waals surface area contributed by atoms with Crippen molar-refractivity contribution in [2.45, 2.75) is 65.0 Å². The number of aliphatic hydroxyl groups is 1. The van der Waals surface area contributed by atoms with Crippen LogP contribution in [-0.4, -0.2) is 29.4 Å². The van der Waals surface area contributed by atoms with Crippen LogP contribution in [0.5, 0.6) is 0 Å². The van der Waals surface area contributed by atoms with E-state index in [2.05, 4.69) is 12.2 Å². The molecule has 0 saturated heterocycles. The Morgan fingerprint density at radius 1 is 1.41 bits per heavy atom. The quantitative estimate of drug-likeness (QED) is 0.783. The zero-order valence-corrected chi connectivity index (χ0v) is 11.4. The van der Waals surface area contributed by atoms with Crippen LogP contribution in [0.2, 0.25) is 0 Å². The topological polar surface area (TPSA) is 58.6 Å². The Labute approximate surface area is 104 Å². The summed E-state index contributed by atoms with van der Waals surface area (Å²) in [6.45, 7) is 7.89. The molecule has 1 rings (SSSR count). The molecule has 100 valence electrons. The van der Waals surface area contributed by atoms with Crippen molar-refractivity contribution in [3.63, 3.8) is 0 Å². The fourth-order valence-corrected chi connectivity index (χ4v) is 2.09. The van der Waals surface area contributed by atoms with Gasteiger partial charge < -0.3 is 15.2 Å². The summed E-state index contributed by atoms with van der Waals surface area (Å²) in [4.78, 5) is 11.6. The standard InChI is InChI=1S/C13H25NO3/c1-12(2,3)17-11(16)14-10-5-7-13(4,9-15)8-6-10/h10,15H,5-9H2,1-4H3,(H,14,16)/t10-,13-. The van der Waals surface area contributed by atoms with E-state index in [0.29, 0.717) is 0 Å². The molecule has 1 aliphatic carbocycles. The average molecular weight is 243 g/mol. The van der Waals surface area contributed by atoms with E-state index in [0.717, 1.165) is 25.7 Å². The van der Waals surface area contributed by atoms with Gasteiger partial charge >= 0.3 is 6.09 Å². The van der Waals surface area contributed by atoms with Crippen molar-refractivity contribution >= 4 is 6.09 Å². The highest BCUT2D eigenvalue weighted by Gasteiger charge is 2.31. The number of rotatable bonds is 2. The second kappa shape index (κ2) is 5.25. The summed E-state index contributed by atoms with van der Waals surface area (Å²) in [5.41, 5.74) is -0.412. The Hall–Kier alpha value is -0.770. The molecule has 0 atom stereocenters. The molecule has 0 aromatic heterocycles. The SMILES string of the molecule is CC(C)(C)OC(=O)N[C@H]1CC[C@](C)(CO)CC1. The molecule has 0 heterocycles. The fourth-order valence-electron chi connectivity index (χ4n) is 2.09. The van der Waals surface area contributed by atoms with Crippen molar-refractivity contribution in [1.82, 2.24) is 5.32 Å². The first-order valence-corrected chi connectivity index (χ1v) is 6.34. The van der Waals surface area contributed by atoms with Crippen LogP contribution in [-0.2, 0) is 4.74 Å². The van der Waals surface area contributed by atoms with Crippen molar-refractivity contribution in [2.75, 3.05) is 6.61 Å². The van der Waals surface area contributed by atoms with Gasteiger partial charge in [0.25, 0.3) is 0 Å². The van der Waals surface area contributed by atoms with Gasteiger partial charge in [-0.3, -0.25) is 0 Å². The summed E-state index contributed by atoms with van der Waals surface area (Å²) >= 11 is 0. The number of amides is 1. The van der Waals surface area contributed by atoms with E-state index >= 15 is 0 Å². The third-order valence-corrected chi connectivity index (χ3v) is 3.30. The molecule has 0 bridgehead atoms. The third kappa shape index (κ3) is 4.94. The monoisotopic (exact) mass is 243 g/mol. The molecule has 2 N–H and O–H groups in total. The molecular weight excluding hydrogens is 218 g/mol. The van der Waals surface area contributed by atoms with E-state index < -0.39 is 5.60 Å².